The molecule has 1 aromatic heterocycles. The first-order valence-electron chi connectivity index (χ1n) is 5.98. The van der Waals surface area contributed by atoms with Crippen LogP contribution in [-0.4, -0.2) is 39.7 Å². The lowest BCUT2D eigenvalue weighted by Crippen LogP contribution is -2.48. The van der Waals surface area contributed by atoms with E-state index in [1.807, 2.05) is 36.7 Å². The molecule has 96 valence electrons. The Morgan fingerprint density at radius 3 is 2.71 bits per heavy atom. The van der Waals surface area contributed by atoms with Crippen LogP contribution in [0.15, 0.2) is 18.3 Å². The molecular formula is C13H22N2O2. The topological polar surface area (TPSA) is 45.5 Å². The van der Waals surface area contributed by atoms with Crippen LogP contribution in [0.5, 0.6) is 0 Å². The van der Waals surface area contributed by atoms with Gasteiger partial charge in [0, 0.05) is 19.8 Å². The Kier molecular flexibility index (Phi) is 4.34. The predicted octanol–water partition coefficient (Wildman–Crippen LogP) is 1.74. The molecule has 0 bridgehead atoms. The number of nitrogens with zero attached hydrogens (tertiary/aromatic N) is 2. The maximum atomic E-state index is 12.3. The van der Waals surface area contributed by atoms with Crippen LogP contribution in [0.25, 0.3) is 0 Å². The van der Waals surface area contributed by atoms with Crippen LogP contribution in [0.2, 0.25) is 0 Å². The van der Waals surface area contributed by atoms with E-state index in [0.29, 0.717) is 5.69 Å². The number of aliphatic hydroxyl groups is 1. The molecule has 1 rings (SSSR count). The van der Waals surface area contributed by atoms with E-state index in [9.17, 15) is 9.90 Å². The number of carbonyl (C=O) groups excluding carboxylic acids is 1. The third kappa shape index (κ3) is 2.88. The highest BCUT2D eigenvalue weighted by atomic mass is 16.3. The zero-order chi connectivity index (χ0) is 13.1. The number of amides is 1. The second-order valence-corrected chi connectivity index (χ2v) is 4.92. The Balaban J connectivity index is 2.92. The van der Waals surface area contributed by atoms with Gasteiger partial charge in [0.1, 0.15) is 5.69 Å². The smallest absolute Gasteiger partial charge is 0.270 e. The van der Waals surface area contributed by atoms with E-state index in [2.05, 4.69) is 6.92 Å². The van der Waals surface area contributed by atoms with E-state index in [1.165, 1.54) is 0 Å². The van der Waals surface area contributed by atoms with Gasteiger partial charge in [0.2, 0.25) is 0 Å². The van der Waals surface area contributed by atoms with Gasteiger partial charge in [0.15, 0.2) is 0 Å². The lowest BCUT2D eigenvalue weighted by Gasteiger charge is -2.34. The van der Waals surface area contributed by atoms with Gasteiger partial charge in [-0.2, -0.15) is 0 Å². The fraction of sp³-hybridized carbons (Fsp3) is 0.615. The molecule has 0 saturated heterocycles. The van der Waals surface area contributed by atoms with Crippen molar-refractivity contribution in [3.8, 4) is 0 Å². The summed E-state index contributed by atoms with van der Waals surface area (Å²) < 4.78 is 1.95. The molecule has 17 heavy (non-hydrogen) atoms. The van der Waals surface area contributed by atoms with E-state index < -0.39 is 5.54 Å². The van der Waals surface area contributed by atoms with Crippen LogP contribution in [0.1, 0.15) is 37.7 Å². The first-order chi connectivity index (χ1) is 7.94. The zero-order valence-corrected chi connectivity index (χ0v) is 11.1. The molecule has 0 aliphatic carbocycles. The van der Waals surface area contributed by atoms with Gasteiger partial charge in [-0.3, -0.25) is 4.79 Å². The molecule has 1 amide bonds. The molecule has 0 fully saturated rings. The van der Waals surface area contributed by atoms with Gasteiger partial charge in [0.25, 0.3) is 5.91 Å². The van der Waals surface area contributed by atoms with Crippen molar-refractivity contribution in [1.82, 2.24) is 9.47 Å². The van der Waals surface area contributed by atoms with Crippen molar-refractivity contribution in [1.29, 1.82) is 0 Å². The van der Waals surface area contributed by atoms with Gasteiger partial charge in [-0.1, -0.05) is 6.92 Å². The molecule has 0 radical (unpaired) electrons. The molecule has 0 aliphatic heterocycles. The molecule has 1 N–H and O–H groups in total. The number of likely N-dealkylation sites (N-methyl/N-ethyl adjacent to an activating group) is 1. The Labute approximate surface area is 103 Å². The Morgan fingerprint density at radius 2 is 2.18 bits per heavy atom. The van der Waals surface area contributed by atoms with Gasteiger partial charge in [-0.25, -0.2) is 0 Å². The van der Waals surface area contributed by atoms with E-state index in [0.717, 1.165) is 13.0 Å². The van der Waals surface area contributed by atoms with Crippen molar-refractivity contribution in [2.75, 3.05) is 13.7 Å². The van der Waals surface area contributed by atoms with Crippen molar-refractivity contribution < 1.29 is 9.90 Å². The fourth-order valence-electron chi connectivity index (χ4n) is 1.60. The third-order valence-corrected chi connectivity index (χ3v) is 3.11. The summed E-state index contributed by atoms with van der Waals surface area (Å²) in [4.78, 5) is 13.9. The second-order valence-electron chi connectivity index (χ2n) is 4.92. The van der Waals surface area contributed by atoms with Crippen LogP contribution in [0.4, 0.5) is 0 Å². The Morgan fingerprint density at radius 1 is 1.53 bits per heavy atom. The minimum atomic E-state index is -0.543. The molecule has 0 saturated carbocycles. The molecule has 0 aliphatic rings. The highest BCUT2D eigenvalue weighted by Gasteiger charge is 2.28. The van der Waals surface area contributed by atoms with E-state index in [1.54, 1.807) is 11.9 Å². The molecule has 4 heteroatoms. The molecule has 0 spiro atoms. The summed E-state index contributed by atoms with van der Waals surface area (Å²) in [6.45, 7) is 6.55. The van der Waals surface area contributed by atoms with Crippen molar-refractivity contribution in [2.24, 2.45) is 0 Å². The minimum Gasteiger partial charge on any atom is -0.394 e. The maximum absolute atomic E-state index is 12.3. The van der Waals surface area contributed by atoms with Crippen molar-refractivity contribution in [2.45, 2.75) is 39.3 Å². The summed E-state index contributed by atoms with van der Waals surface area (Å²) in [5, 5.41) is 9.28. The molecule has 0 unspecified atom stereocenters. The summed E-state index contributed by atoms with van der Waals surface area (Å²) in [6.07, 6.45) is 2.90. The highest BCUT2D eigenvalue weighted by Crippen LogP contribution is 2.16. The van der Waals surface area contributed by atoms with Gasteiger partial charge in [0.05, 0.1) is 12.1 Å². The van der Waals surface area contributed by atoms with E-state index >= 15 is 0 Å². The molecule has 1 aromatic rings. The normalized spacial score (nSPS) is 11.6. The first-order valence-corrected chi connectivity index (χ1v) is 5.98. The number of aromatic nitrogens is 1. The molecular weight excluding hydrogens is 216 g/mol. The van der Waals surface area contributed by atoms with Gasteiger partial charge < -0.3 is 14.6 Å². The van der Waals surface area contributed by atoms with Crippen LogP contribution in [0, 0.1) is 0 Å². The standard InChI is InChI=1S/C13H22N2O2/c1-5-8-15-9-6-7-11(15)12(17)14(4)13(2,3)10-16/h6-7,9,16H,5,8,10H2,1-4H3. The molecule has 4 nitrogen and oxygen atoms in total. The lowest BCUT2D eigenvalue weighted by atomic mass is 10.0. The summed E-state index contributed by atoms with van der Waals surface area (Å²) in [5.41, 5.74) is 0.133. The molecule has 1 heterocycles. The minimum absolute atomic E-state index is 0.0519. The van der Waals surface area contributed by atoms with E-state index in [-0.39, 0.29) is 12.5 Å². The van der Waals surface area contributed by atoms with Gasteiger partial charge >= 0.3 is 0 Å². The summed E-state index contributed by atoms with van der Waals surface area (Å²) in [7, 11) is 1.72. The average molecular weight is 238 g/mol. The van der Waals surface area contributed by atoms with Crippen molar-refractivity contribution in [3.05, 3.63) is 24.0 Å². The van der Waals surface area contributed by atoms with Crippen LogP contribution in [0.3, 0.4) is 0 Å². The lowest BCUT2D eigenvalue weighted by molar-refractivity contribution is 0.0463. The highest BCUT2D eigenvalue weighted by molar-refractivity contribution is 5.93. The van der Waals surface area contributed by atoms with Gasteiger partial charge in [-0.05, 0) is 32.4 Å². The first kappa shape index (κ1) is 13.8. The Bertz CT molecular complexity index is 383. The molecule has 0 atom stereocenters. The Hall–Kier alpha value is -1.29. The van der Waals surface area contributed by atoms with Crippen LogP contribution >= 0.6 is 0 Å². The molecule has 0 aromatic carbocycles. The largest absolute Gasteiger partial charge is 0.394 e. The number of hydrogen-bond donors (Lipinski definition) is 1. The predicted molar refractivity (Wildman–Crippen MR) is 68.0 cm³/mol. The second kappa shape index (κ2) is 5.36. The quantitative estimate of drug-likeness (QED) is 0.849. The zero-order valence-electron chi connectivity index (χ0n) is 11.1. The SMILES string of the molecule is CCCn1cccc1C(=O)N(C)C(C)(C)CO. The number of aliphatic hydroxyl groups excluding tert-OH is 1. The summed E-state index contributed by atoms with van der Waals surface area (Å²) in [6, 6.07) is 3.70. The van der Waals surface area contributed by atoms with Crippen LogP contribution in [-0.2, 0) is 6.54 Å². The van der Waals surface area contributed by atoms with Crippen molar-refractivity contribution in [3.63, 3.8) is 0 Å². The van der Waals surface area contributed by atoms with E-state index in [4.69, 9.17) is 0 Å². The average Bonchev–Trinajstić information content (AvgIpc) is 2.76. The number of aryl methyl sites for hydroxylation is 1. The number of rotatable bonds is 5. The monoisotopic (exact) mass is 238 g/mol. The van der Waals surface area contributed by atoms with Crippen molar-refractivity contribution >= 4 is 5.91 Å². The number of hydrogen-bond acceptors (Lipinski definition) is 2. The van der Waals surface area contributed by atoms with Gasteiger partial charge in [-0.15, -0.1) is 0 Å². The fourth-order valence-corrected chi connectivity index (χ4v) is 1.60. The third-order valence-electron chi connectivity index (χ3n) is 3.11. The summed E-state index contributed by atoms with van der Waals surface area (Å²) >= 11 is 0. The number of carbonyl (C=O) groups is 1. The van der Waals surface area contributed by atoms with Crippen LogP contribution < -0.4 is 0 Å². The maximum Gasteiger partial charge on any atom is 0.270 e. The summed E-state index contributed by atoms with van der Waals surface area (Å²) in [5.74, 6) is -0.0532.